The first-order valence-corrected chi connectivity index (χ1v) is 6.58. The zero-order chi connectivity index (χ0) is 13.5. The van der Waals surface area contributed by atoms with E-state index in [1.165, 1.54) is 0 Å². The van der Waals surface area contributed by atoms with Crippen LogP contribution in [0.5, 0.6) is 0 Å². The van der Waals surface area contributed by atoms with Crippen molar-refractivity contribution < 1.29 is 9.84 Å². The predicted octanol–water partition coefficient (Wildman–Crippen LogP) is 2.56. The molecule has 0 fully saturated rings. The first-order chi connectivity index (χ1) is 8.47. The highest BCUT2D eigenvalue weighted by atomic mass is 35.5. The molecule has 1 atom stereocenters. The minimum absolute atomic E-state index is 0.151. The highest BCUT2D eigenvalue weighted by Crippen LogP contribution is 2.12. The number of rotatable bonds is 7. The molecule has 0 aliphatic rings. The van der Waals surface area contributed by atoms with Gasteiger partial charge in [-0.1, -0.05) is 23.7 Å². The summed E-state index contributed by atoms with van der Waals surface area (Å²) in [6.07, 6.45) is -0.311. The molecule has 1 aromatic carbocycles. The van der Waals surface area contributed by atoms with Gasteiger partial charge in [-0.3, -0.25) is 4.90 Å². The topological polar surface area (TPSA) is 32.7 Å². The van der Waals surface area contributed by atoms with Crippen molar-refractivity contribution in [3.8, 4) is 0 Å². The Bertz CT molecular complexity index is 357. The third kappa shape index (κ3) is 6.36. The zero-order valence-corrected chi connectivity index (χ0v) is 12.0. The Balaban J connectivity index is 2.34. The van der Waals surface area contributed by atoms with Gasteiger partial charge in [0, 0.05) is 18.1 Å². The highest BCUT2D eigenvalue weighted by Gasteiger charge is 2.09. The Morgan fingerprint density at radius 2 is 2.11 bits per heavy atom. The molecule has 0 radical (unpaired) electrons. The minimum Gasteiger partial charge on any atom is -0.389 e. The Morgan fingerprint density at radius 3 is 2.72 bits per heavy atom. The number of aliphatic hydroxyl groups excluding tert-OH is 1. The quantitative estimate of drug-likeness (QED) is 0.827. The second kappa shape index (κ2) is 7.74. The molecule has 0 saturated carbocycles. The van der Waals surface area contributed by atoms with Crippen molar-refractivity contribution in [1.29, 1.82) is 0 Å². The maximum atomic E-state index is 9.81. The van der Waals surface area contributed by atoms with E-state index in [1.54, 1.807) is 0 Å². The second-order valence-corrected chi connectivity index (χ2v) is 5.30. The summed E-state index contributed by atoms with van der Waals surface area (Å²) in [5.41, 5.74) is 1.14. The molecule has 3 nitrogen and oxygen atoms in total. The van der Waals surface area contributed by atoms with Crippen LogP contribution in [0.3, 0.4) is 0 Å². The molecule has 0 aromatic heterocycles. The summed E-state index contributed by atoms with van der Waals surface area (Å²) in [5, 5.41) is 10.5. The molecule has 0 aliphatic heterocycles. The van der Waals surface area contributed by atoms with Crippen LogP contribution in [-0.2, 0) is 11.3 Å². The van der Waals surface area contributed by atoms with E-state index in [0.29, 0.717) is 13.2 Å². The molecule has 18 heavy (non-hydrogen) atoms. The average molecular weight is 272 g/mol. The maximum Gasteiger partial charge on any atom is 0.0900 e. The second-order valence-electron chi connectivity index (χ2n) is 4.86. The van der Waals surface area contributed by atoms with Crippen LogP contribution < -0.4 is 0 Å². The lowest BCUT2D eigenvalue weighted by atomic mass is 10.2. The van der Waals surface area contributed by atoms with E-state index in [4.69, 9.17) is 16.3 Å². The van der Waals surface area contributed by atoms with Gasteiger partial charge in [-0.25, -0.2) is 0 Å². The Kier molecular flexibility index (Phi) is 6.65. The van der Waals surface area contributed by atoms with Gasteiger partial charge in [-0.2, -0.15) is 0 Å². The first kappa shape index (κ1) is 15.4. The lowest BCUT2D eigenvalue weighted by molar-refractivity contribution is -0.00634. The van der Waals surface area contributed by atoms with Gasteiger partial charge < -0.3 is 9.84 Å². The largest absolute Gasteiger partial charge is 0.389 e. The predicted molar refractivity (Wildman–Crippen MR) is 74.9 cm³/mol. The molecule has 0 amide bonds. The molecule has 1 N–H and O–H groups in total. The van der Waals surface area contributed by atoms with Gasteiger partial charge >= 0.3 is 0 Å². The van der Waals surface area contributed by atoms with Crippen LogP contribution in [0.2, 0.25) is 5.02 Å². The summed E-state index contributed by atoms with van der Waals surface area (Å²) in [7, 11) is 1.97. The fourth-order valence-electron chi connectivity index (χ4n) is 1.73. The normalized spacial score (nSPS) is 13.3. The number of benzene rings is 1. The van der Waals surface area contributed by atoms with E-state index in [2.05, 4.69) is 4.90 Å². The number of nitrogens with zero attached hydrogens (tertiary/aromatic N) is 1. The third-order valence-electron chi connectivity index (χ3n) is 2.49. The van der Waals surface area contributed by atoms with Crippen LogP contribution in [-0.4, -0.2) is 42.4 Å². The third-order valence-corrected chi connectivity index (χ3v) is 2.72. The molecule has 4 heteroatoms. The minimum atomic E-state index is -0.461. The molecule has 0 saturated heterocycles. The maximum absolute atomic E-state index is 9.81. The summed E-state index contributed by atoms with van der Waals surface area (Å²) in [6, 6.07) is 7.76. The number of aliphatic hydroxyl groups is 1. The van der Waals surface area contributed by atoms with Crippen LogP contribution in [0.4, 0.5) is 0 Å². The Labute approximate surface area is 114 Å². The summed E-state index contributed by atoms with van der Waals surface area (Å²) >= 11 is 5.93. The Hall–Kier alpha value is -0.610. The number of ether oxygens (including phenoxy) is 1. The molecule has 0 aliphatic carbocycles. The van der Waals surface area contributed by atoms with Crippen molar-refractivity contribution >= 4 is 11.6 Å². The summed E-state index contributed by atoms with van der Waals surface area (Å²) in [4.78, 5) is 2.06. The molecular formula is C14H22ClNO2. The van der Waals surface area contributed by atoms with Crippen molar-refractivity contribution in [2.24, 2.45) is 0 Å². The molecule has 0 heterocycles. The fourth-order valence-corrected chi connectivity index (χ4v) is 1.94. The van der Waals surface area contributed by atoms with E-state index < -0.39 is 6.10 Å². The first-order valence-electron chi connectivity index (χ1n) is 6.20. The van der Waals surface area contributed by atoms with E-state index >= 15 is 0 Å². The van der Waals surface area contributed by atoms with Gasteiger partial charge in [0.15, 0.2) is 0 Å². The van der Waals surface area contributed by atoms with Gasteiger partial charge in [0.1, 0.15) is 0 Å². The summed E-state index contributed by atoms with van der Waals surface area (Å²) in [6.45, 7) is 5.64. The molecule has 1 aromatic rings. The van der Waals surface area contributed by atoms with E-state index in [-0.39, 0.29) is 6.10 Å². The number of likely N-dealkylation sites (N-methyl/N-ethyl adjacent to an activating group) is 1. The van der Waals surface area contributed by atoms with Crippen molar-refractivity contribution in [2.75, 3.05) is 20.2 Å². The van der Waals surface area contributed by atoms with Crippen molar-refractivity contribution in [2.45, 2.75) is 32.6 Å². The van der Waals surface area contributed by atoms with Gasteiger partial charge in [0.25, 0.3) is 0 Å². The SMILES string of the molecule is CC(C)OCC(O)CN(C)Cc1cccc(Cl)c1. The smallest absolute Gasteiger partial charge is 0.0900 e. The monoisotopic (exact) mass is 271 g/mol. The van der Waals surface area contributed by atoms with Gasteiger partial charge in [0.2, 0.25) is 0 Å². The van der Waals surface area contributed by atoms with E-state index in [9.17, 15) is 5.11 Å². The van der Waals surface area contributed by atoms with Crippen molar-refractivity contribution in [3.05, 3.63) is 34.9 Å². The van der Waals surface area contributed by atoms with Crippen LogP contribution in [0.1, 0.15) is 19.4 Å². The molecule has 1 unspecified atom stereocenters. The molecule has 0 bridgehead atoms. The summed E-state index contributed by atoms with van der Waals surface area (Å²) in [5.74, 6) is 0. The number of halogens is 1. The lowest BCUT2D eigenvalue weighted by Gasteiger charge is -2.21. The highest BCUT2D eigenvalue weighted by molar-refractivity contribution is 6.30. The summed E-state index contributed by atoms with van der Waals surface area (Å²) < 4.78 is 5.38. The Morgan fingerprint density at radius 1 is 1.39 bits per heavy atom. The van der Waals surface area contributed by atoms with Crippen LogP contribution in [0.15, 0.2) is 24.3 Å². The fraction of sp³-hybridized carbons (Fsp3) is 0.571. The molecule has 1 rings (SSSR count). The van der Waals surface area contributed by atoms with Crippen molar-refractivity contribution in [3.63, 3.8) is 0 Å². The van der Waals surface area contributed by atoms with Gasteiger partial charge in [0.05, 0.1) is 18.8 Å². The van der Waals surface area contributed by atoms with Crippen molar-refractivity contribution in [1.82, 2.24) is 4.90 Å². The molecule has 0 spiro atoms. The van der Waals surface area contributed by atoms with Gasteiger partial charge in [-0.05, 0) is 38.6 Å². The average Bonchev–Trinajstić information content (AvgIpc) is 2.26. The van der Waals surface area contributed by atoms with Crippen LogP contribution in [0.25, 0.3) is 0 Å². The van der Waals surface area contributed by atoms with Crippen LogP contribution in [0, 0.1) is 0 Å². The lowest BCUT2D eigenvalue weighted by Crippen LogP contribution is -2.32. The number of hydrogen-bond acceptors (Lipinski definition) is 3. The van der Waals surface area contributed by atoms with Crippen LogP contribution >= 0.6 is 11.6 Å². The molecule has 102 valence electrons. The van der Waals surface area contributed by atoms with E-state index in [0.717, 1.165) is 17.1 Å². The zero-order valence-electron chi connectivity index (χ0n) is 11.3. The standard InChI is InChI=1S/C14H22ClNO2/c1-11(2)18-10-14(17)9-16(3)8-12-5-4-6-13(15)7-12/h4-7,11,14,17H,8-10H2,1-3H3. The van der Waals surface area contributed by atoms with Gasteiger partial charge in [-0.15, -0.1) is 0 Å². The molecular weight excluding hydrogens is 250 g/mol. The van der Waals surface area contributed by atoms with E-state index in [1.807, 2.05) is 45.2 Å². The number of hydrogen-bond donors (Lipinski definition) is 1.